The van der Waals surface area contributed by atoms with E-state index in [0.29, 0.717) is 12.2 Å². The van der Waals surface area contributed by atoms with Gasteiger partial charge in [-0.05, 0) is 57.2 Å². The zero-order chi connectivity index (χ0) is 17.4. The number of benzene rings is 1. The topological polar surface area (TPSA) is 57.3 Å². The third-order valence-electron chi connectivity index (χ3n) is 3.80. The molecule has 2 aromatic rings. The highest BCUT2D eigenvalue weighted by Crippen LogP contribution is 2.10. The second-order valence-electron chi connectivity index (χ2n) is 6.12. The molecule has 0 radical (unpaired) electrons. The molecule has 5 heteroatoms. The number of aromatic nitrogens is 1. The van der Waals surface area contributed by atoms with Crippen LogP contribution in [0.1, 0.15) is 28.0 Å². The number of nitrogens with one attached hydrogen (secondary N) is 2. The molecule has 0 saturated carbocycles. The summed E-state index contributed by atoms with van der Waals surface area (Å²) in [7, 11) is 4.12. The lowest BCUT2D eigenvalue weighted by molar-refractivity contribution is 0.0946. The monoisotopic (exact) mass is 326 g/mol. The first-order valence-electron chi connectivity index (χ1n) is 8.23. The van der Waals surface area contributed by atoms with Gasteiger partial charge in [-0.1, -0.05) is 24.3 Å². The van der Waals surface area contributed by atoms with Gasteiger partial charge in [0.2, 0.25) is 0 Å². The molecule has 0 atom stereocenters. The minimum Gasteiger partial charge on any atom is -0.385 e. The Morgan fingerprint density at radius 1 is 1.21 bits per heavy atom. The minimum atomic E-state index is -0.157. The molecule has 2 N–H and O–H groups in total. The fourth-order valence-corrected chi connectivity index (χ4v) is 2.37. The quantitative estimate of drug-likeness (QED) is 0.732. The lowest BCUT2D eigenvalue weighted by Crippen LogP contribution is -2.24. The molecular weight excluding hydrogens is 300 g/mol. The second kappa shape index (κ2) is 9.03. The normalized spacial score (nSPS) is 10.7. The van der Waals surface area contributed by atoms with Crippen LogP contribution in [0.15, 0.2) is 42.6 Å². The van der Waals surface area contributed by atoms with E-state index in [0.717, 1.165) is 30.8 Å². The summed E-state index contributed by atoms with van der Waals surface area (Å²) in [5.74, 6) is -0.157. The van der Waals surface area contributed by atoms with E-state index in [1.54, 1.807) is 12.3 Å². The van der Waals surface area contributed by atoms with Crippen molar-refractivity contribution < 1.29 is 4.79 Å². The first-order chi connectivity index (χ1) is 11.6. The summed E-state index contributed by atoms with van der Waals surface area (Å²) >= 11 is 0. The van der Waals surface area contributed by atoms with E-state index in [9.17, 15) is 4.79 Å². The van der Waals surface area contributed by atoms with E-state index < -0.39 is 0 Å². The number of aryl methyl sites for hydroxylation is 1. The molecule has 0 aliphatic rings. The Hall–Kier alpha value is -2.40. The lowest BCUT2D eigenvalue weighted by Gasteiger charge is -2.11. The molecule has 1 aromatic carbocycles. The Kier molecular flexibility index (Phi) is 6.75. The molecule has 2 rings (SSSR count). The number of nitrogens with zero attached hydrogens (tertiary/aromatic N) is 2. The van der Waals surface area contributed by atoms with Crippen LogP contribution in [0.4, 0.5) is 5.69 Å². The van der Waals surface area contributed by atoms with Gasteiger partial charge in [0.05, 0.1) is 0 Å². The predicted molar refractivity (Wildman–Crippen MR) is 98.2 cm³/mol. The van der Waals surface area contributed by atoms with Gasteiger partial charge in [0.15, 0.2) is 0 Å². The summed E-state index contributed by atoms with van der Waals surface area (Å²) in [6.45, 7) is 4.44. The predicted octanol–water partition coefficient (Wildman–Crippen LogP) is 2.68. The summed E-state index contributed by atoms with van der Waals surface area (Å²) in [6.07, 6.45) is 2.71. The number of hydrogen-bond acceptors (Lipinski definition) is 4. The smallest absolute Gasteiger partial charge is 0.270 e. The Labute approximate surface area is 144 Å². The molecule has 0 spiro atoms. The van der Waals surface area contributed by atoms with Gasteiger partial charge in [-0.25, -0.2) is 0 Å². The first-order valence-corrected chi connectivity index (χ1v) is 8.23. The second-order valence-corrected chi connectivity index (χ2v) is 6.12. The standard InChI is InChI=1S/C19H26N4O/c1-15-7-4-5-8-16(15)14-22-19(24)18-13-17(9-11-21-18)20-10-6-12-23(2)3/h4-5,7-9,11,13H,6,10,12,14H2,1-3H3,(H,20,21)(H,22,24). The van der Waals surface area contributed by atoms with Crippen LogP contribution >= 0.6 is 0 Å². The van der Waals surface area contributed by atoms with E-state index in [4.69, 9.17) is 0 Å². The van der Waals surface area contributed by atoms with Crippen molar-refractivity contribution in [3.63, 3.8) is 0 Å². The first kappa shape index (κ1) is 17.9. The van der Waals surface area contributed by atoms with E-state index in [1.807, 2.05) is 37.3 Å². The summed E-state index contributed by atoms with van der Waals surface area (Å²) in [6, 6.07) is 11.7. The fourth-order valence-electron chi connectivity index (χ4n) is 2.37. The van der Waals surface area contributed by atoms with Crippen molar-refractivity contribution in [2.45, 2.75) is 19.9 Å². The van der Waals surface area contributed by atoms with Gasteiger partial charge in [-0.3, -0.25) is 9.78 Å². The van der Waals surface area contributed by atoms with Crippen molar-refractivity contribution in [2.75, 3.05) is 32.5 Å². The van der Waals surface area contributed by atoms with Gasteiger partial charge in [0.25, 0.3) is 5.91 Å². The van der Waals surface area contributed by atoms with Crippen molar-refractivity contribution in [3.8, 4) is 0 Å². The molecule has 0 aliphatic carbocycles. The molecule has 1 aromatic heterocycles. The van der Waals surface area contributed by atoms with Crippen molar-refractivity contribution in [2.24, 2.45) is 0 Å². The zero-order valence-corrected chi connectivity index (χ0v) is 14.7. The van der Waals surface area contributed by atoms with Crippen LogP contribution in [0.5, 0.6) is 0 Å². The fraction of sp³-hybridized carbons (Fsp3) is 0.368. The van der Waals surface area contributed by atoms with Crippen LogP contribution in [0.2, 0.25) is 0 Å². The molecule has 5 nitrogen and oxygen atoms in total. The third kappa shape index (κ3) is 5.66. The number of hydrogen-bond donors (Lipinski definition) is 2. The van der Waals surface area contributed by atoms with E-state index >= 15 is 0 Å². The number of carbonyl (C=O) groups is 1. The molecule has 24 heavy (non-hydrogen) atoms. The maximum Gasteiger partial charge on any atom is 0.270 e. The molecule has 128 valence electrons. The minimum absolute atomic E-state index is 0.157. The average molecular weight is 326 g/mol. The van der Waals surface area contributed by atoms with Crippen LogP contribution in [0.3, 0.4) is 0 Å². The van der Waals surface area contributed by atoms with Crippen LogP contribution in [0.25, 0.3) is 0 Å². The van der Waals surface area contributed by atoms with Crippen LogP contribution < -0.4 is 10.6 Å². The summed E-state index contributed by atoms with van der Waals surface area (Å²) in [5.41, 5.74) is 3.64. The molecule has 0 fully saturated rings. The largest absolute Gasteiger partial charge is 0.385 e. The van der Waals surface area contributed by atoms with E-state index in [2.05, 4.69) is 34.6 Å². The summed E-state index contributed by atoms with van der Waals surface area (Å²) < 4.78 is 0. The summed E-state index contributed by atoms with van der Waals surface area (Å²) in [5, 5.41) is 6.26. The van der Waals surface area contributed by atoms with E-state index in [-0.39, 0.29) is 5.91 Å². The van der Waals surface area contributed by atoms with Crippen molar-refractivity contribution in [1.82, 2.24) is 15.2 Å². The van der Waals surface area contributed by atoms with Crippen molar-refractivity contribution in [1.29, 1.82) is 0 Å². The van der Waals surface area contributed by atoms with Crippen molar-refractivity contribution >= 4 is 11.6 Å². The van der Waals surface area contributed by atoms with Gasteiger partial charge in [0, 0.05) is 25.0 Å². The Bertz CT molecular complexity index is 670. The highest BCUT2D eigenvalue weighted by Gasteiger charge is 2.08. The average Bonchev–Trinajstić information content (AvgIpc) is 2.58. The maximum absolute atomic E-state index is 12.3. The van der Waals surface area contributed by atoms with Crippen molar-refractivity contribution in [3.05, 3.63) is 59.4 Å². The van der Waals surface area contributed by atoms with Gasteiger partial charge >= 0.3 is 0 Å². The summed E-state index contributed by atoms with van der Waals surface area (Å²) in [4.78, 5) is 18.6. The molecule has 0 bridgehead atoms. The third-order valence-corrected chi connectivity index (χ3v) is 3.80. The molecule has 1 amide bonds. The Morgan fingerprint density at radius 3 is 2.75 bits per heavy atom. The highest BCUT2D eigenvalue weighted by atomic mass is 16.1. The number of rotatable bonds is 8. The highest BCUT2D eigenvalue weighted by molar-refractivity contribution is 5.93. The van der Waals surface area contributed by atoms with Gasteiger partial charge in [0.1, 0.15) is 5.69 Å². The van der Waals surface area contributed by atoms with Gasteiger partial charge in [-0.15, -0.1) is 0 Å². The molecule has 0 unspecified atom stereocenters. The number of carbonyl (C=O) groups excluding carboxylic acids is 1. The lowest BCUT2D eigenvalue weighted by atomic mass is 10.1. The maximum atomic E-state index is 12.3. The zero-order valence-electron chi connectivity index (χ0n) is 14.7. The van der Waals surface area contributed by atoms with Gasteiger partial charge in [-0.2, -0.15) is 0 Å². The molecule has 1 heterocycles. The van der Waals surface area contributed by atoms with E-state index in [1.165, 1.54) is 5.56 Å². The van der Waals surface area contributed by atoms with Crippen LogP contribution in [0, 0.1) is 6.92 Å². The molecule has 0 aliphatic heterocycles. The Balaban J connectivity index is 1.88. The van der Waals surface area contributed by atoms with Crippen LogP contribution in [-0.2, 0) is 6.54 Å². The van der Waals surface area contributed by atoms with Crippen LogP contribution in [-0.4, -0.2) is 43.0 Å². The number of amides is 1. The number of anilines is 1. The SMILES string of the molecule is Cc1ccccc1CNC(=O)c1cc(NCCCN(C)C)ccn1. The molecule has 0 saturated heterocycles. The molecular formula is C19H26N4O. The van der Waals surface area contributed by atoms with Gasteiger partial charge < -0.3 is 15.5 Å². The number of pyridine rings is 1. The Morgan fingerprint density at radius 2 is 2.00 bits per heavy atom.